The summed E-state index contributed by atoms with van der Waals surface area (Å²) >= 11 is 0. The highest BCUT2D eigenvalue weighted by Gasteiger charge is 2.17. The van der Waals surface area contributed by atoms with Crippen molar-refractivity contribution >= 4 is 0 Å². The van der Waals surface area contributed by atoms with Crippen LogP contribution in [0.5, 0.6) is 11.5 Å². The maximum Gasteiger partial charge on any atom is 0.166 e. The Balaban J connectivity index is 2.44. The lowest BCUT2D eigenvalue weighted by Crippen LogP contribution is -2.18. The quantitative estimate of drug-likeness (QED) is 0.723. The molecular formula is C11H13NO2. The van der Waals surface area contributed by atoms with E-state index in [1.807, 2.05) is 18.2 Å². The Kier molecular flexibility index (Phi) is 2.41. The van der Waals surface area contributed by atoms with Crippen LogP contribution in [0.4, 0.5) is 0 Å². The van der Waals surface area contributed by atoms with Crippen molar-refractivity contribution in [3.63, 3.8) is 0 Å². The van der Waals surface area contributed by atoms with Crippen LogP contribution in [0.3, 0.4) is 0 Å². The average Bonchev–Trinajstić information content (AvgIpc) is 2.27. The Labute approximate surface area is 83.1 Å². The zero-order valence-corrected chi connectivity index (χ0v) is 7.90. The number of hydrogen-bond donors (Lipinski definition) is 1. The van der Waals surface area contributed by atoms with E-state index in [2.05, 4.69) is 6.58 Å². The lowest BCUT2D eigenvalue weighted by atomic mass is 10.1. The fraction of sp³-hybridized carbons (Fsp3) is 0.273. The summed E-state index contributed by atoms with van der Waals surface area (Å²) in [6.07, 6.45) is 1.69. The topological polar surface area (TPSA) is 44.5 Å². The van der Waals surface area contributed by atoms with Gasteiger partial charge in [-0.1, -0.05) is 18.2 Å². The van der Waals surface area contributed by atoms with Crippen molar-refractivity contribution in [3.05, 3.63) is 36.4 Å². The van der Waals surface area contributed by atoms with E-state index in [9.17, 15) is 0 Å². The van der Waals surface area contributed by atoms with Gasteiger partial charge >= 0.3 is 0 Å². The van der Waals surface area contributed by atoms with E-state index in [1.165, 1.54) is 0 Å². The summed E-state index contributed by atoms with van der Waals surface area (Å²) in [5.41, 5.74) is 6.79. The first-order valence-electron chi connectivity index (χ1n) is 4.59. The normalized spacial score (nSPS) is 16.1. The molecule has 0 radical (unpaired) electrons. The van der Waals surface area contributed by atoms with Crippen LogP contribution in [-0.2, 0) is 0 Å². The lowest BCUT2D eigenvalue weighted by molar-refractivity contribution is 0.169. The number of ether oxygens (including phenoxy) is 2. The van der Waals surface area contributed by atoms with Crippen molar-refractivity contribution in [2.45, 2.75) is 6.04 Å². The number of rotatable bonds is 2. The summed E-state index contributed by atoms with van der Waals surface area (Å²) in [5, 5.41) is 0. The van der Waals surface area contributed by atoms with Crippen molar-refractivity contribution in [3.8, 4) is 11.5 Å². The summed E-state index contributed by atoms with van der Waals surface area (Å²) in [4.78, 5) is 0. The summed E-state index contributed by atoms with van der Waals surface area (Å²) in [5.74, 6) is 1.53. The minimum atomic E-state index is -0.202. The molecule has 1 atom stereocenters. The third-order valence-electron chi connectivity index (χ3n) is 2.21. The monoisotopic (exact) mass is 191 g/mol. The van der Waals surface area contributed by atoms with Gasteiger partial charge in [0.1, 0.15) is 13.2 Å². The predicted octanol–water partition coefficient (Wildman–Crippen LogP) is 1.64. The van der Waals surface area contributed by atoms with Gasteiger partial charge in [-0.25, -0.2) is 0 Å². The van der Waals surface area contributed by atoms with Gasteiger partial charge in [0, 0.05) is 5.56 Å². The third kappa shape index (κ3) is 1.46. The van der Waals surface area contributed by atoms with Gasteiger partial charge in [-0.05, 0) is 6.07 Å². The summed E-state index contributed by atoms with van der Waals surface area (Å²) in [6, 6.07) is 5.52. The SMILES string of the molecule is C=C[C@H](N)c1cccc2c1OCCO2. The standard InChI is InChI=1S/C11H13NO2/c1-2-9(12)8-4-3-5-10-11(8)14-7-6-13-10/h2-5,9H,1,6-7,12H2/t9-/m0/s1. The smallest absolute Gasteiger partial charge is 0.166 e. The van der Waals surface area contributed by atoms with Crippen LogP contribution in [0.2, 0.25) is 0 Å². The molecule has 1 aliphatic rings. The van der Waals surface area contributed by atoms with Crippen molar-refractivity contribution in [2.24, 2.45) is 5.73 Å². The maximum absolute atomic E-state index is 5.86. The molecule has 0 unspecified atom stereocenters. The molecule has 2 rings (SSSR count). The molecule has 3 nitrogen and oxygen atoms in total. The first kappa shape index (κ1) is 9.09. The molecule has 0 saturated carbocycles. The molecular weight excluding hydrogens is 178 g/mol. The maximum atomic E-state index is 5.86. The third-order valence-corrected chi connectivity index (χ3v) is 2.21. The van der Waals surface area contributed by atoms with Crippen LogP contribution < -0.4 is 15.2 Å². The second-order valence-corrected chi connectivity index (χ2v) is 3.13. The molecule has 0 amide bonds. The number of hydrogen-bond acceptors (Lipinski definition) is 3. The van der Waals surface area contributed by atoms with Gasteiger partial charge < -0.3 is 15.2 Å². The number of fused-ring (bicyclic) bond motifs is 1. The van der Waals surface area contributed by atoms with E-state index in [-0.39, 0.29) is 6.04 Å². The van der Waals surface area contributed by atoms with Crippen LogP contribution in [0, 0.1) is 0 Å². The molecule has 2 N–H and O–H groups in total. The first-order chi connectivity index (χ1) is 6.83. The Bertz CT molecular complexity index is 349. The van der Waals surface area contributed by atoms with E-state index in [0.29, 0.717) is 13.2 Å². The van der Waals surface area contributed by atoms with Gasteiger partial charge in [0.2, 0.25) is 0 Å². The molecule has 0 saturated heterocycles. The van der Waals surface area contributed by atoms with Crippen molar-refractivity contribution < 1.29 is 9.47 Å². The number of nitrogens with two attached hydrogens (primary N) is 1. The minimum absolute atomic E-state index is 0.202. The molecule has 0 fully saturated rings. The molecule has 0 bridgehead atoms. The molecule has 74 valence electrons. The highest BCUT2D eigenvalue weighted by Crippen LogP contribution is 2.36. The zero-order chi connectivity index (χ0) is 9.97. The van der Waals surface area contributed by atoms with Gasteiger partial charge in [0.25, 0.3) is 0 Å². The van der Waals surface area contributed by atoms with E-state index in [4.69, 9.17) is 15.2 Å². The highest BCUT2D eigenvalue weighted by molar-refractivity contribution is 5.49. The zero-order valence-electron chi connectivity index (χ0n) is 7.90. The summed E-state index contributed by atoms with van der Waals surface area (Å²) in [7, 11) is 0. The Morgan fingerprint density at radius 1 is 1.36 bits per heavy atom. The van der Waals surface area contributed by atoms with Gasteiger partial charge in [-0.15, -0.1) is 6.58 Å². The molecule has 0 spiro atoms. The second-order valence-electron chi connectivity index (χ2n) is 3.13. The molecule has 1 aliphatic heterocycles. The van der Waals surface area contributed by atoms with Crippen molar-refractivity contribution in [1.82, 2.24) is 0 Å². The molecule has 3 heteroatoms. The first-order valence-corrected chi connectivity index (χ1v) is 4.59. The second kappa shape index (κ2) is 3.72. The number of benzene rings is 1. The van der Waals surface area contributed by atoms with Gasteiger partial charge in [-0.2, -0.15) is 0 Å². The minimum Gasteiger partial charge on any atom is -0.486 e. The van der Waals surface area contributed by atoms with Gasteiger partial charge in [0.15, 0.2) is 11.5 Å². The van der Waals surface area contributed by atoms with Crippen LogP contribution in [0.25, 0.3) is 0 Å². The van der Waals surface area contributed by atoms with E-state index >= 15 is 0 Å². The molecule has 14 heavy (non-hydrogen) atoms. The van der Waals surface area contributed by atoms with Gasteiger partial charge in [0.05, 0.1) is 6.04 Å². The molecule has 1 aromatic rings. The predicted molar refractivity (Wildman–Crippen MR) is 54.6 cm³/mol. The molecule has 1 aromatic carbocycles. The molecule has 0 aliphatic carbocycles. The molecule has 1 heterocycles. The van der Waals surface area contributed by atoms with E-state index < -0.39 is 0 Å². The van der Waals surface area contributed by atoms with Gasteiger partial charge in [-0.3, -0.25) is 0 Å². The Morgan fingerprint density at radius 2 is 2.14 bits per heavy atom. The van der Waals surface area contributed by atoms with E-state index in [0.717, 1.165) is 17.1 Å². The van der Waals surface area contributed by atoms with Crippen LogP contribution in [0.15, 0.2) is 30.9 Å². The summed E-state index contributed by atoms with van der Waals surface area (Å²) in [6.45, 7) is 4.84. The van der Waals surface area contributed by atoms with Crippen molar-refractivity contribution in [2.75, 3.05) is 13.2 Å². The van der Waals surface area contributed by atoms with Crippen LogP contribution >= 0.6 is 0 Å². The van der Waals surface area contributed by atoms with Crippen molar-refractivity contribution in [1.29, 1.82) is 0 Å². The Morgan fingerprint density at radius 3 is 2.93 bits per heavy atom. The van der Waals surface area contributed by atoms with E-state index in [1.54, 1.807) is 6.08 Å². The largest absolute Gasteiger partial charge is 0.486 e. The van der Waals surface area contributed by atoms with Crippen LogP contribution in [0.1, 0.15) is 11.6 Å². The Hall–Kier alpha value is -1.48. The lowest BCUT2D eigenvalue weighted by Gasteiger charge is -2.22. The fourth-order valence-electron chi connectivity index (χ4n) is 1.49. The fourth-order valence-corrected chi connectivity index (χ4v) is 1.49. The summed E-state index contributed by atoms with van der Waals surface area (Å²) < 4.78 is 11.0. The average molecular weight is 191 g/mol. The van der Waals surface area contributed by atoms with Crippen LogP contribution in [-0.4, -0.2) is 13.2 Å². The highest BCUT2D eigenvalue weighted by atomic mass is 16.6. The number of para-hydroxylation sites is 1. The molecule has 0 aromatic heterocycles.